The average Bonchev–Trinajstić information content (AvgIpc) is 2.18. The van der Waals surface area contributed by atoms with Crippen LogP contribution < -0.4 is 5.32 Å². The predicted octanol–water partition coefficient (Wildman–Crippen LogP) is 0.145. The summed E-state index contributed by atoms with van der Waals surface area (Å²) >= 11 is 0. The summed E-state index contributed by atoms with van der Waals surface area (Å²) in [6, 6.07) is 0. The fourth-order valence-corrected chi connectivity index (χ4v) is 1.93. The lowest BCUT2D eigenvalue weighted by molar-refractivity contribution is -0.150. The van der Waals surface area contributed by atoms with Crippen LogP contribution in [0.5, 0.6) is 0 Å². The van der Waals surface area contributed by atoms with Gasteiger partial charge in [-0.1, -0.05) is 0 Å². The Morgan fingerprint density at radius 1 is 1.71 bits per heavy atom. The average molecular weight is 201 g/mol. The van der Waals surface area contributed by atoms with E-state index in [2.05, 4.69) is 5.32 Å². The standard InChI is InChI=1S/C9H15NO4/c1-14-7-3-2-4-9(5-7,8(12)13)10-6-11/h6-7H,2-5H2,1H3,(H,10,11)(H,12,13). The van der Waals surface area contributed by atoms with E-state index in [0.717, 1.165) is 12.8 Å². The quantitative estimate of drug-likeness (QED) is 0.634. The minimum absolute atomic E-state index is 0.0766. The summed E-state index contributed by atoms with van der Waals surface area (Å²) in [6.07, 6.45) is 2.80. The van der Waals surface area contributed by atoms with E-state index in [9.17, 15) is 9.59 Å². The Bertz CT molecular complexity index is 231. The van der Waals surface area contributed by atoms with Crippen molar-refractivity contribution >= 4 is 12.4 Å². The second kappa shape index (κ2) is 4.41. The van der Waals surface area contributed by atoms with Gasteiger partial charge in [0.1, 0.15) is 5.54 Å². The van der Waals surface area contributed by atoms with E-state index in [1.807, 2.05) is 0 Å². The number of carbonyl (C=O) groups is 2. The number of hydrogen-bond donors (Lipinski definition) is 2. The molecule has 1 aliphatic rings. The molecule has 5 heteroatoms. The molecule has 80 valence electrons. The van der Waals surface area contributed by atoms with E-state index in [0.29, 0.717) is 19.3 Å². The van der Waals surface area contributed by atoms with Crippen molar-refractivity contribution < 1.29 is 19.4 Å². The van der Waals surface area contributed by atoms with E-state index >= 15 is 0 Å². The molecule has 1 amide bonds. The lowest BCUT2D eigenvalue weighted by Crippen LogP contribution is -2.55. The Balaban J connectivity index is 2.75. The third kappa shape index (κ3) is 2.04. The van der Waals surface area contributed by atoms with Crippen molar-refractivity contribution in [1.29, 1.82) is 0 Å². The molecule has 1 saturated carbocycles. The van der Waals surface area contributed by atoms with Gasteiger partial charge < -0.3 is 15.2 Å². The van der Waals surface area contributed by atoms with E-state index in [1.165, 1.54) is 0 Å². The second-order valence-electron chi connectivity index (χ2n) is 3.60. The first-order chi connectivity index (χ1) is 6.64. The molecule has 0 saturated heterocycles. The number of methoxy groups -OCH3 is 1. The fourth-order valence-electron chi connectivity index (χ4n) is 1.93. The predicted molar refractivity (Wildman–Crippen MR) is 48.8 cm³/mol. The van der Waals surface area contributed by atoms with Gasteiger partial charge in [-0.15, -0.1) is 0 Å². The summed E-state index contributed by atoms with van der Waals surface area (Å²) in [5.74, 6) is -0.980. The molecule has 0 aromatic rings. The zero-order valence-electron chi connectivity index (χ0n) is 8.16. The summed E-state index contributed by atoms with van der Waals surface area (Å²) in [5, 5.41) is 11.5. The van der Waals surface area contributed by atoms with Gasteiger partial charge in [0.2, 0.25) is 6.41 Å². The Morgan fingerprint density at radius 2 is 2.43 bits per heavy atom. The van der Waals surface area contributed by atoms with Gasteiger partial charge in [0.25, 0.3) is 0 Å². The number of nitrogens with one attached hydrogen (secondary N) is 1. The Kier molecular flexibility index (Phi) is 3.46. The number of aliphatic carboxylic acids is 1. The zero-order chi connectivity index (χ0) is 10.6. The van der Waals surface area contributed by atoms with Crippen LogP contribution in [0.4, 0.5) is 0 Å². The van der Waals surface area contributed by atoms with Crippen molar-refractivity contribution in [3.63, 3.8) is 0 Å². The van der Waals surface area contributed by atoms with Gasteiger partial charge in [0, 0.05) is 13.5 Å². The highest BCUT2D eigenvalue weighted by molar-refractivity contribution is 5.81. The molecule has 1 aliphatic carbocycles. The highest BCUT2D eigenvalue weighted by Gasteiger charge is 2.42. The maximum Gasteiger partial charge on any atom is 0.329 e. The van der Waals surface area contributed by atoms with Crippen LogP contribution in [0.15, 0.2) is 0 Å². The molecule has 0 spiro atoms. The third-order valence-electron chi connectivity index (χ3n) is 2.78. The van der Waals surface area contributed by atoms with Crippen molar-refractivity contribution in [1.82, 2.24) is 5.32 Å². The molecule has 2 atom stereocenters. The molecule has 2 unspecified atom stereocenters. The molecule has 0 bridgehead atoms. The van der Waals surface area contributed by atoms with Crippen molar-refractivity contribution in [2.75, 3.05) is 7.11 Å². The molecule has 0 radical (unpaired) electrons. The first-order valence-electron chi connectivity index (χ1n) is 4.62. The molecule has 0 aliphatic heterocycles. The van der Waals surface area contributed by atoms with Crippen molar-refractivity contribution in [2.45, 2.75) is 37.3 Å². The van der Waals surface area contributed by atoms with Crippen LogP contribution in [-0.4, -0.2) is 36.2 Å². The highest BCUT2D eigenvalue weighted by Crippen LogP contribution is 2.29. The molecule has 5 nitrogen and oxygen atoms in total. The first kappa shape index (κ1) is 11.0. The van der Waals surface area contributed by atoms with Crippen LogP contribution in [0.25, 0.3) is 0 Å². The molecule has 0 aromatic carbocycles. The summed E-state index contributed by atoms with van der Waals surface area (Å²) in [7, 11) is 1.56. The molecular formula is C9H15NO4. The van der Waals surface area contributed by atoms with E-state index < -0.39 is 11.5 Å². The Hall–Kier alpha value is -1.10. The molecule has 1 rings (SSSR count). The molecule has 1 fully saturated rings. The highest BCUT2D eigenvalue weighted by atomic mass is 16.5. The third-order valence-corrected chi connectivity index (χ3v) is 2.78. The maximum absolute atomic E-state index is 11.1. The normalized spacial score (nSPS) is 32.2. The van der Waals surface area contributed by atoms with Crippen molar-refractivity contribution in [3.8, 4) is 0 Å². The van der Waals surface area contributed by atoms with Gasteiger partial charge in [-0.25, -0.2) is 4.79 Å². The molecular weight excluding hydrogens is 186 g/mol. The van der Waals surface area contributed by atoms with Crippen LogP contribution in [0, 0.1) is 0 Å². The monoisotopic (exact) mass is 201 g/mol. The zero-order valence-corrected chi connectivity index (χ0v) is 8.16. The topological polar surface area (TPSA) is 75.6 Å². The van der Waals surface area contributed by atoms with Crippen molar-refractivity contribution in [3.05, 3.63) is 0 Å². The van der Waals surface area contributed by atoms with Crippen LogP contribution in [0.1, 0.15) is 25.7 Å². The number of hydrogen-bond acceptors (Lipinski definition) is 3. The van der Waals surface area contributed by atoms with E-state index in [4.69, 9.17) is 9.84 Å². The maximum atomic E-state index is 11.1. The van der Waals surface area contributed by atoms with E-state index in [1.54, 1.807) is 7.11 Å². The molecule has 2 N–H and O–H groups in total. The van der Waals surface area contributed by atoms with Crippen LogP contribution in [-0.2, 0) is 14.3 Å². The lowest BCUT2D eigenvalue weighted by atomic mass is 9.80. The minimum Gasteiger partial charge on any atom is -0.480 e. The minimum atomic E-state index is -1.12. The number of carbonyl (C=O) groups excluding carboxylic acids is 1. The van der Waals surface area contributed by atoms with Crippen LogP contribution in [0.3, 0.4) is 0 Å². The number of ether oxygens (including phenoxy) is 1. The molecule has 14 heavy (non-hydrogen) atoms. The largest absolute Gasteiger partial charge is 0.480 e. The van der Waals surface area contributed by atoms with Crippen LogP contribution in [0.2, 0.25) is 0 Å². The number of rotatable bonds is 4. The lowest BCUT2D eigenvalue weighted by Gasteiger charge is -2.36. The summed E-state index contributed by atoms with van der Waals surface area (Å²) < 4.78 is 5.12. The van der Waals surface area contributed by atoms with Gasteiger partial charge in [0.15, 0.2) is 0 Å². The number of carboxylic acid groups (broad SMARTS) is 1. The molecule has 0 heterocycles. The van der Waals surface area contributed by atoms with Gasteiger partial charge in [-0.2, -0.15) is 0 Å². The van der Waals surface area contributed by atoms with Crippen LogP contribution >= 0.6 is 0 Å². The summed E-state index contributed by atoms with van der Waals surface area (Å²) in [5.41, 5.74) is -1.12. The summed E-state index contributed by atoms with van der Waals surface area (Å²) in [4.78, 5) is 21.4. The van der Waals surface area contributed by atoms with Gasteiger partial charge >= 0.3 is 5.97 Å². The smallest absolute Gasteiger partial charge is 0.329 e. The fraction of sp³-hybridized carbons (Fsp3) is 0.778. The van der Waals surface area contributed by atoms with Gasteiger partial charge in [-0.05, 0) is 19.3 Å². The first-order valence-corrected chi connectivity index (χ1v) is 4.62. The molecule has 0 aromatic heterocycles. The SMILES string of the molecule is COC1CCCC(NC=O)(C(=O)O)C1. The number of carboxylic acids is 1. The second-order valence-corrected chi connectivity index (χ2v) is 3.60. The number of amides is 1. The van der Waals surface area contributed by atoms with Gasteiger partial charge in [-0.3, -0.25) is 4.79 Å². The van der Waals surface area contributed by atoms with Crippen molar-refractivity contribution in [2.24, 2.45) is 0 Å². The Morgan fingerprint density at radius 3 is 2.93 bits per heavy atom. The Labute approximate surface area is 82.4 Å². The van der Waals surface area contributed by atoms with Gasteiger partial charge in [0.05, 0.1) is 6.10 Å². The van der Waals surface area contributed by atoms with E-state index in [-0.39, 0.29) is 6.10 Å². The summed E-state index contributed by atoms with van der Waals surface area (Å²) in [6.45, 7) is 0.